The maximum Gasteiger partial charge on any atom is 0.306 e. The van der Waals surface area contributed by atoms with Crippen LogP contribution in [0, 0.1) is 11.8 Å². The number of hydrogen-bond donors (Lipinski definition) is 2. The van der Waals surface area contributed by atoms with Crippen LogP contribution in [0.15, 0.2) is 48.6 Å². The monoisotopic (exact) mass is 882 g/mol. The number of rotatable bonds is 38. The Kier molecular flexibility index (Phi) is 32.4. The Hall–Kier alpha value is -2.44. The van der Waals surface area contributed by atoms with Crippen molar-refractivity contribution in [2.24, 2.45) is 11.8 Å². The van der Waals surface area contributed by atoms with Gasteiger partial charge >= 0.3 is 11.9 Å². The van der Waals surface area contributed by atoms with E-state index in [9.17, 15) is 34.1 Å². The Morgan fingerprint density at radius 3 is 2.05 bits per heavy atom. The molecule has 1 aliphatic rings. The number of nitrogens with zero attached hydrogens (tertiary/aromatic N) is 1. The predicted molar refractivity (Wildman–Crippen MR) is 241 cm³/mol. The second-order valence-corrected chi connectivity index (χ2v) is 19.0. The van der Waals surface area contributed by atoms with Crippen molar-refractivity contribution in [3.63, 3.8) is 0 Å². The number of likely N-dealkylation sites (N-methyl/N-ethyl adjacent to an activating group) is 1. The summed E-state index contributed by atoms with van der Waals surface area (Å²) >= 11 is 0. The molecule has 1 aliphatic carbocycles. The molecule has 0 spiro atoms. The van der Waals surface area contributed by atoms with Crippen LogP contribution in [0.3, 0.4) is 0 Å². The summed E-state index contributed by atoms with van der Waals surface area (Å²) in [6.07, 6.45) is 33.5. The van der Waals surface area contributed by atoms with E-state index in [0.29, 0.717) is 43.1 Å². The number of ether oxygens (including phenoxy) is 2. The van der Waals surface area contributed by atoms with Gasteiger partial charge in [-0.25, -0.2) is 0 Å². The number of allylic oxidation sites excluding steroid dienone is 6. The second-order valence-electron chi connectivity index (χ2n) is 17.5. The second kappa shape index (κ2) is 35.0. The van der Waals surface area contributed by atoms with Gasteiger partial charge in [-0.15, -0.1) is 0 Å². The molecule has 1 rings (SSSR count). The van der Waals surface area contributed by atoms with Crippen molar-refractivity contribution >= 4 is 25.5 Å². The fraction of sp³-hybridized carbons (Fsp3) is 0.771. The normalized spacial score (nSPS) is 19.4. The van der Waals surface area contributed by atoms with E-state index in [1.54, 1.807) is 12.2 Å². The third kappa shape index (κ3) is 32.0. The van der Waals surface area contributed by atoms with Gasteiger partial charge in [-0.3, -0.25) is 18.9 Å². The lowest BCUT2D eigenvalue weighted by molar-refractivity contribution is -0.870. The van der Waals surface area contributed by atoms with Gasteiger partial charge in [0.2, 0.25) is 0 Å². The van der Waals surface area contributed by atoms with Crippen LogP contribution in [0.1, 0.15) is 162 Å². The molecule has 0 aromatic heterocycles. The van der Waals surface area contributed by atoms with Gasteiger partial charge in [-0.1, -0.05) is 127 Å². The van der Waals surface area contributed by atoms with E-state index >= 15 is 0 Å². The summed E-state index contributed by atoms with van der Waals surface area (Å²) in [5.74, 6) is -1.79. The summed E-state index contributed by atoms with van der Waals surface area (Å²) in [7, 11) is 0.990. The molecule has 0 radical (unpaired) electrons. The minimum Gasteiger partial charge on any atom is -0.756 e. The molecule has 6 atom stereocenters. The van der Waals surface area contributed by atoms with Gasteiger partial charge in [-0.2, -0.15) is 0 Å². The Morgan fingerprint density at radius 1 is 0.787 bits per heavy atom. The molecule has 1 unspecified atom stereocenters. The zero-order chi connectivity index (χ0) is 45.2. The zero-order valence-electron chi connectivity index (χ0n) is 38.6. The van der Waals surface area contributed by atoms with Crippen LogP contribution in [0.5, 0.6) is 0 Å². The summed E-state index contributed by atoms with van der Waals surface area (Å²) in [6, 6.07) is 0. The summed E-state index contributed by atoms with van der Waals surface area (Å²) in [6.45, 7) is 3.77. The van der Waals surface area contributed by atoms with E-state index in [0.717, 1.165) is 57.8 Å². The van der Waals surface area contributed by atoms with Crippen LogP contribution in [-0.4, -0.2) is 98.2 Å². The van der Waals surface area contributed by atoms with Crippen molar-refractivity contribution in [2.75, 3.05) is 47.5 Å². The number of esters is 2. The van der Waals surface area contributed by atoms with E-state index in [-0.39, 0.29) is 50.1 Å². The van der Waals surface area contributed by atoms with Gasteiger partial charge < -0.3 is 38.1 Å². The fourth-order valence-corrected chi connectivity index (χ4v) is 7.63. The molecule has 352 valence electrons. The SMILES string of the molecule is CCCCC/C=C\C/C=C\CCCCCCCCCC(=O)OC[C@H](COP(=O)([O-])OCC[N+](C)(C)C)OC(=O)CCC/C=C\C[C@H]1C(=O)C[C@@H](O)[C@@H]1/C=C/[C@@H](O)CCCCC. The summed E-state index contributed by atoms with van der Waals surface area (Å²) in [5.41, 5.74) is 0. The number of phosphoric ester groups is 1. The summed E-state index contributed by atoms with van der Waals surface area (Å²) < 4.78 is 33.8. The number of aliphatic hydroxyl groups is 2. The number of hydrogen-bond acceptors (Lipinski definition) is 11. The summed E-state index contributed by atoms with van der Waals surface area (Å²) in [5, 5.41) is 20.7. The van der Waals surface area contributed by atoms with Gasteiger partial charge in [0.05, 0.1) is 40.0 Å². The third-order valence-electron chi connectivity index (χ3n) is 10.7. The van der Waals surface area contributed by atoms with Gasteiger partial charge in [0.1, 0.15) is 25.5 Å². The van der Waals surface area contributed by atoms with E-state index in [2.05, 4.69) is 38.2 Å². The molecule has 0 aromatic rings. The first-order valence-electron chi connectivity index (χ1n) is 23.4. The number of phosphoric acid groups is 1. The lowest BCUT2D eigenvalue weighted by atomic mass is 9.90. The average molecular weight is 882 g/mol. The van der Waals surface area contributed by atoms with E-state index < -0.39 is 44.7 Å². The highest BCUT2D eigenvalue weighted by molar-refractivity contribution is 7.45. The molecule has 0 bridgehead atoms. The number of carbonyl (C=O) groups excluding carboxylic acids is 3. The first-order chi connectivity index (χ1) is 29.2. The molecule has 0 saturated heterocycles. The topological polar surface area (TPSA) is 169 Å². The van der Waals surface area contributed by atoms with E-state index in [1.165, 1.54) is 38.5 Å². The van der Waals surface area contributed by atoms with Crippen LogP contribution in [-0.2, 0) is 37.5 Å². The van der Waals surface area contributed by atoms with E-state index in [1.807, 2.05) is 33.3 Å². The lowest BCUT2D eigenvalue weighted by Crippen LogP contribution is -2.37. The standard InChI is InChI=1S/C48H84NO11P/c1-6-8-10-11-12-13-14-15-16-17-18-19-20-21-22-23-28-32-47(53)57-39-42(40-59-61(55,56)58-37-36-49(3,4)5)60-48(54)33-29-25-24-27-31-43-44(46(52)38-45(43)51)35-34-41(50)30-26-9-7-2/h12-13,15-16,24,27,34-35,41-44,46,50,52H,6-11,14,17-23,25-26,28-33,36-40H2,1-5H3/b13-12-,16-15-,27-24-,35-34+/t41-,42+,43+,44+,46+/m0/s1. The van der Waals surface area contributed by atoms with Gasteiger partial charge in [0, 0.05) is 31.1 Å². The largest absolute Gasteiger partial charge is 0.756 e. The predicted octanol–water partition coefficient (Wildman–Crippen LogP) is 9.42. The van der Waals surface area contributed by atoms with Crippen molar-refractivity contribution < 1.29 is 57.1 Å². The van der Waals surface area contributed by atoms with E-state index in [4.69, 9.17) is 18.5 Å². The Labute approximate surface area is 369 Å². The number of carbonyl (C=O) groups is 3. The third-order valence-corrected chi connectivity index (χ3v) is 11.7. The number of aliphatic hydroxyl groups excluding tert-OH is 2. The first-order valence-corrected chi connectivity index (χ1v) is 24.9. The Balaban J connectivity index is 2.49. The molecular weight excluding hydrogens is 797 g/mol. The maximum atomic E-state index is 12.8. The van der Waals surface area contributed by atoms with Crippen LogP contribution in [0.25, 0.3) is 0 Å². The molecule has 0 aliphatic heterocycles. The minimum atomic E-state index is -4.71. The number of unbranched alkanes of at least 4 members (excludes halogenated alkanes) is 13. The van der Waals surface area contributed by atoms with Crippen molar-refractivity contribution in [3.05, 3.63) is 48.6 Å². The molecule has 1 fully saturated rings. The highest BCUT2D eigenvalue weighted by atomic mass is 31.2. The zero-order valence-corrected chi connectivity index (χ0v) is 39.5. The molecule has 0 heterocycles. The number of quaternary nitrogens is 1. The minimum absolute atomic E-state index is 0.0109. The molecule has 13 heteroatoms. The van der Waals surface area contributed by atoms with Gasteiger partial charge in [-0.05, 0) is 64.2 Å². The van der Waals surface area contributed by atoms with Crippen LogP contribution in [0.2, 0.25) is 0 Å². The van der Waals surface area contributed by atoms with Crippen molar-refractivity contribution in [2.45, 2.75) is 180 Å². The molecule has 2 N–H and O–H groups in total. The maximum absolute atomic E-state index is 12.8. The molecule has 61 heavy (non-hydrogen) atoms. The van der Waals surface area contributed by atoms with Gasteiger partial charge in [0.15, 0.2) is 6.10 Å². The molecule has 0 amide bonds. The highest BCUT2D eigenvalue weighted by Gasteiger charge is 2.39. The summed E-state index contributed by atoms with van der Waals surface area (Å²) in [4.78, 5) is 50.4. The number of ketones is 1. The molecule has 12 nitrogen and oxygen atoms in total. The van der Waals surface area contributed by atoms with Crippen molar-refractivity contribution in [3.8, 4) is 0 Å². The lowest BCUT2D eigenvalue weighted by Gasteiger charge is -2.28. The van der Waals surface area contributed by atoms with Crippen molar-refractivity contribution in [1.29, 1.82) is 0 Å². The van der Waals surface area contributed by atoms with Crippen LogP contribution >= 0.6 is 7.82 Å². The van der Waals surface area contributed by atoms with Crippen molar-refractivity contribution in [1.82, 2.24) is 0 Å². The highest BCUT2D eigenvalue weighted by Crippen LogP contribution is 2.38. The van der Waals surface area contributed by atoms with Crippen LogP contribution < -0.4 is 4.89 Å². The quantitative estimate of drug-likeness (QED) is 0.0199. The Morgan fingerprint density at radius 2 is 1.38 bits per heavy atom. The van der Waals surface area contributed by atoms with Gasteiger partial charge in [0.25, 0.3) is 7.82 Å². The molecular formula is C48H84NO11P. The van der Waals surface area contributed by atoms with Crippen LogP contribution in [0.4, 0.5) is 0 Å². The molecule has 1 saturated carbocycles. The Bertz CT molecular complexity index is 1340. The fourth-order valence-electron chi connectivity index (χ4n) is 6.90. The first kappa shape index (κ1) is 56.6. The smallest absolute Gasteiger partial charge is 0.306 e. The molecule has 0 aromatic carbocycles. The average Bonchev–Trinajstić information content (AvgIpc) is 3.47. The number of Topliss-reactive ketones (excluding diaryl/α,β-unsaturated/α-hetero) is 1.